The fourth-order valence-corrected chi connectivity index (χ4v) is 2.66. The first kappa shape index (κ1) is 16.6. The first-order valence-electron chi connectivity index (χ1n) is 7.11. The molecule has 0 aliphatic carbocycles. The number of amides is 1. The topological polar surface area (TPSA) is 41.6 Å². The molecule has 2 rings (SSSR count). The second-order valence-corrected chi connectivity index (χ2v) is 5.46. The molecular formula is C15H19F3N2O2. The average Bonchev–Trinajstić information content (AvgIpc) is 2.42. The third-order valence-corrected chi connectivity index (χ3v) is 3.77. The Morgan fingerprint density at radius 1 is 1.41 bits per heavy atom. The Morgan fingerprint density at radius 3 is 2.77 bits per heavy atom. The van der Waals surface area contributed by atoms with Crippen LogP contribution in [-0.4, -0.2) is 37.1 Å². The molecule has 0 spiro atoms. The molecule has 4 nitrogen and oxygen atoms in total. The minimum Gasteiger partial charge on any atom is -0.434 e. The highest BCUT2D eigenvalue weighted by Gasteiger charge is 2.25. The van der Waals surface area contributed by atoms with Gasteiger partial charge in [0.2, 0.25) is 5.91 Å². The third-order valence-electron chi connectivity index (χ3n) is 3.77. The molecule has 1 amide bonds. The van der Waals surface area contributed by atoms with Gasteiger partial charge in [0.05, 0.1) is 0 Å². The maximum absolute atomic E-state index is 13.2. The lowest BCUT2D eigenvalue weighted by molar-refractivity contribution is -0.132. The molecule has 1 aliphatic rings. The number of likely N-dealkylation sites (N-methyl/N-ethyl adjacent to an activating group) is 1. The second-order valence-electron chi connectivity index (χ2n) is 5.46. The molecule has 22 heavy (non-hydrogen) atoms. The maximum atomic E-state index is 13.2. The SMILES string of the molecule is C[C@@H](N[C@@H]1CCC(=O)N(C)C1)c1ccc(F)cc1OC(F)F. The number of benzene rings is 1. The largest absolute Gasteiger partial charge is 0.434 e. The van der Waals surface area contributed by atoms with Gasteiger partial charge in [0.25, 0.3) is 0 Å². The Kier molecular flexibility index (Phi) is 5.28. The van der Waals surface area contributed by atoms with Crippen molar-refractivity contribution in [2.24, 2.45) is 0 Å². The van der Waals surface area contributed by atoms with E-state index in [9.17, 15) is 18.0 Å². The molecule has 0 radical (unpaired) electrons. The van der Waals surface area contributed by atoms with E-state index in [1.54, 1.807) is 18.9 Å². The molecule has 7 heteroatoms. The Morgan fingerprint density at radius 2 is 2.14 bits per heavy atom. The van der Waals surface area contributed by atoms with Crippen molar-refractivity contribution in [3.8, 4) is 5.75 Å². The van der Waals surface area contributed by atoms with E-state index in [-0.39, 0.29) is 23.7 Å². The van der Waals surface area contributed by atoms with E-state index in [1.807, 2.05) is 0 Å². The summed E-state index contributed by atoms with van der Waals surface area (Å²) in [4.78, 5) is 13.1. The molecule has 0 unspecified atom stereocenters. The van der Waals surface area contributed by atoms with Crippen LogP contribution in [0.5, 0.6) is 5.75 Å². The smallest absolute Gasteiger partial charge is 0.387 e. The number of carbonyl (C=O) groups excluding carboxylic acids is 1. The van der Waals surface area contributed by atoms with Gasteiger partial charge in [0.15, 0.2) is 0 Å². The zero-order valence-electron chi connectivity index (χ0n) is 12.5. The van der Waals surface area contributed by atoms with Gasteiger partial charge in [-0.25, -0.2) is 4.39 Å². The number of halogens is 3. The first-order chi connectivity index (χ1) is 10.4. The van der Waals surface area contributed by atoms with E-state index >= 15 is 0 Å². The van der Waals surface area contributed by atoms with E-state index in [2.05, 4.69) is 10.1 Å². The molecule has 1 heterocycles. The Bertz CT molecular complexity index is 540. The molecule has 1 fully saturated rings. The number of piperidine rings is 1. The molecule has 2 atom stereocenters. The van der Waals surface area contributed by atoms with Gasteiger partial charge in [0.1, 0.15) is 11.6 Å². The van der Waals surface area contributed by atoms with Gasteiger partial charge in [-0.3, -0.25) is 4.79 Å². The van der Waals surface area contributed by atoms with Gasteiger partial charge in [-0.05, 0) is 19.4 Å². The minimum atomic E-state index is -3.01. The number of nitrogens with one attached hydrogen (secondary N) is 1. The van der Waals surface area contributed by atoms with Crippen molar-refractivity contribution >= 4 is 5.91 Å². The number of ether oxygens (including phenoxy) is 1. The lowest BCUT2D eigenvalue weighted by Crippen LogP contribution is -2.47. The Hall–Kier alpha value is -1.76. The van der Waals surface area contributed by atoms with Crippen LogP contribution >= 0.6 is 0 Å². The van der Waals surface area contributed by atoms with E-state index in [0.717, 1.165) is 6.07 Å². The van der Waals surface area contributed by atoms with Crippen LogP contribution in [0.3, 0.4) is 0 Å². The van der Waals surface area contributed by atoms with Gasteiger partial charge in [-0.15, -0.1) is 0 Å². The number of alkyl halides is 2. The zero-order chi connectivity index (χ0) is 16.3. The summed E-state index contributed by atoms with van der Waals surface area (Å²) in [5.74, 6) is -0.709. The van der Waals surface area contributed by atoms with E-state index < -0.39 is 12.4 Å². The monoisotopic (exact) mass is 316 g/mol. The summed E-state index contributed by atoms with van der Waals surface area (Å²) in [6.45, 7) is -0.664. The van der Waals surface area contributed by atoms with Crippen molar-refractivity contribution in [2.45, 2.75) is 38.5 Å². The molecule has 0 aromatic heterocycles. The lowest BCUT2D eigenvalue weighted by atomic mass is 10.0. The van der Waals surface area contributed by atoms with E-state index in [0.29, 0.717) is 24.9 Å². The summed E-state index contributed by atoms with van der Waals surface area (Å²) in [6, 6.07) is 3.35. The number of nitrogens with zero attached hydrogens (tertiary/aromatic N) is 1. The molecule has 1 aromatic rings. The van der Waals surface area contributed by atoms with Crippen molar-refractivity contribution in [3.05, 3.63) is 29.6 Å². The molecule has 0 bridgehead atoms. The normalized spacial score (nSPS) is 20.4. The highest BCUT2D eigenvalue weighted by molar-refractivity contribution is 5.76. The molecule has 122 valence electrons. The maximum Gasteiger partial charge on any atom is 0.387 e. The van der Waals surface area contributed by atoms with E-state index in [4.69, 9.17) is 0 Å². The van der Waals surface area contributed by atoms with Crippen LogP contribution in [0.25, 0.3) is 0 Å². The van der Waals surface area contributed by atoms with Crippen molar-refractivity contribution in [2.75, 3.05) is 13.6 Å². The number of carbonyl (C=O) groups is 1. The van der Waals surface area contributed by atoms with Crippen molar-refractivity contribution in [1.82, 2.24) is 10.2 Å². The van der Waals surface area contributed by atoms with Crippen LogP contribution in [0.4, 0.5) is 13.2 Å². The molecular weight excluding hydrogens is 297 g/mol. The fraction of sp³-hybridized carbons (Fsp3) is 0.533. The van der Waals surface area contributed by atoms with Gasteiger partial charge < -0.3 is 15.0 Å². The number of hydrogen-bond donors (Lipinski definition) is 1. The van der Waals surface area contributed by atoms with Crippen molar-refractivity contribution in [3.63, 3.8) is 0 Å². The standard InChI is InChI=1S/C15H19F3N2O2/c1-9(19-11-4-6-14(21)20(2)8-11)12-5-3-10(16)7-13(12)22-15(17)18/h3,5,7,9,11,15,19H,4,6,8H2,1-2H3/t9-,11-/m1/s1. The lowest BCUT2D eigenvalue weighted by Gasteiger charge is -2.32. The molecule has 1 aromatic carbocycles. The quantitative estimate of drug-likeness (QED) is 0.908. The summed E-state index contributed by atoms with van der Waals surface area (Å²) in [6.07, 6.45) is 1.13. The predicted molar refractivity (Wildman–Crippen MR) is 75.2 cm³/mol. The summed E-state index contributed by atoms with van der Waals surface area (Å²) < 4.78 is 42.5. The zero-order valence-corrected chi connectivity index (χ0v) is 12.5. The Labute approximate surface area is 127 Å². The van der Waals surface area contributed by atoms with Crippen molar-refractivity contribution < 1.29 is 22.7 Å². The average molecular weight is 316 g/mol. The number of rotatable bonds is 5. The molecule has 1 aliphatic heterocycles. The summed E-state index contributed by atoms with van der Waals surface area (Å²) in [7, 11) is 1.73. The molecule has 1 N–H and O–H groups in total. The number of hydrogen-bond acceptors (Lipinski definition) is 3. The van der Waals surface area contributed by atoms with Crippen molar-refractivity contribution in [1.29, 1.82) is 0 Å². The third kappa shape index (κ3) is 4.13. The highest BCUT2D eigenvalue weighted by atomic mass is 19.3. The first-order valence-corrected chi connectivity index (χ1v) is 7.11. The molecule has 0 saturated carbocycles. The van der Waals surface area contributed by atoms with Gasteiger partial charge in [-0.2, -0.15) is 8.78 Å². The second kappa shape index (κ2) is 7.00. The minimum absolute atomic E-state index is 0.0575. The van der Waals surface area contributed by atoms with Gasteiger partial charge in [0, 0.05) is 43.7 Å². The number of likely N-dealkylation sites (tertiary alicyclic amines) is 1. The Balaban J connectivity index is 2.08. The summed E-state index contributed by atoms with van der Waals surface area (Å²) >= 11 is 0. The van der Waals surface area contributed by atoms with E-state index in [1.165, 1.54) is 12.1 Å². The van der Waals surface area contributed by atoms with Crippen LogP contribution < -0.4 is 10.1 Å². The predicted octanol–water partition coefficient (Wildman–Crippen LogP) is 2.70. The van der Waals surface area contributed by atoms with Crippen LogP contribution in [0, 0.1) is 5.82 Å². The van der Waals surface area contributed by atoms with Crippen LogP contribution in [0.2, 0.25) is 0 Å². The molecule has 1 saturated heterocycles. The van der Waals surface area contributed by atoms with Gasteiger partial charge >= 0.3 is 6.61 Å². The summed E-state index contributed by atoms with van der Waals surface area (Å²) in [5.41, 5.74) is 0.459. The van der Waals surface area contributed by atoms with Crippen LogP contribution in [0.15, 0.2) is 18.2 Å². The van der Waals surface area contributed by atoms with Gasteiger partial charge in [-0.1, -0.05) is 6.07 Å². The van der Waals surface area contributed by atoms with Crippen LogP contribution in [0.1, 0.15) is 31.4 Å². The summed E-state index contributed by atoms with van der Waals surface area (Å²) in [5, 5.41) is 3.28. The van der Waals surface area contributed by atoms with Crippen LogP contribution in [-0.2, 0) is 4.79 Å². The fourth-order valence-electron chi connectivity index (χ4n) is 2.66. The highest BCUT2D eigenvalue weighted by Crippen LogP contribution is 2.28.